The molecule has 3 heterocycles. The summed E-state index contributed by atoms with van der Waals surface area (Å²) in [7, 11) is 0. The number of ether oxygens (including phenoxy) is 3. The number of alkyl halides is 3. The monoisotopic (exact) mass is 581 g/mol. The summed E-state index contributed by atoms with van der Waals surface area (Å²) in [6.07, 6.45) is -2.86. The van der Waals surface area contributed by atoms with Gasteiger partial charge in [-0.05, 0) is 18.6 Å². The first kappa shape index (κ1) is 26.4. The van der Waals surface area contributed by atoms with Crippen molar-refractivity contribution in [3.8, 4) is 0 Å². The Morgan fingerprint density at radius 1 is 1.08 bits per heavy atom. The van der Waals surface area contributed by atoms with E-state index in [4.69, 9.17) is 49.0 Å². The average molecular weight is 583 g/mol. The molecule has 0 aliphatic carbocycles. The second-order valence-corrected chi connectivity index (χ2v) is 11.6. The highest BCUT2D eigenvalue weighted by atomic mass is 35.6. The topological polar surface area (TPSA) is 114 Å². The quantitative estimate of drug-likeness (QED) is 0.329. The molecule has 3 aliphatic rings. The first-order chi connectivity index (χ1) is 18.0. The molecular weight excluding hydrogens is 561 g/mol. The maximum Gasteiger partial charge on any atom is 0.412 e. The molecule has 1 spiro atoms. The van der Waals surface area contributed by atoms with E-state index < -0.39 is 52.4 Å². The Bertz CT molecular complexity index is 1290. The molecular formula is C25H22Cl3N3O7. The molecule has 4 atom stereocenters. The molecule has 0 saturated carbocycles. The van der Waals surface area contributed by atoms with Gasteiger partial charge in [0.25, 0.3) is 5.91 Å². The van der Waals surface area contributed by atoms with E-state index in [1.165, 1.54) is 9.80 Å². The first-order valence-electron chi connectivity index (χ1n) is 11.7. The van der Waals surface area contributed by atoms with Crippen molar-refractivity contribution in [2.75, 3.05) is 11.5 Å². The third-order valence-corrected chi connectivity index (χ3v) is 7.03. The Balaban J connectivity index is 1.44. The summed E-state index contributed by atoms with van der Waals surface area (Å²) in [5.74, 6) is -1.12. The summed E-state index contributed by atoms with van der Waals surface area (Å²) in [6.45, 7) is 1.03. The number of nitrogens with zero attached hydrogens (tertiary/aromatic N) is 2. The summed E-state index contributed by atoms with van der Waals surface area (Å²) in [6, 6.07) is 14.0. The number of carbonyl (C=O) groups is 4. The summed E-state index contributed by atoms with van der Waals surface area (Å²) >= 11 is 16.9. The van der Waals surface area contributed by atoms with Crippen LogP contribution >= 0.6 is 34.8 Å². The molecule has 10 nitrogen and oxygen atoms in total. The molecule has 2 aromatic rings. The fourth-order valence-electron chi connectivity index (χ4n) is 5.14. The smallest absolute Gasteiger partial charge is 0.412 e. The summed E-state index contributed by atoms with van der Waals surface area (Å²) in [5.41, 5.74) is 0.330. The predicted octanol–water partition coefficient (Wildman–Crippen LogP) is 4.01. The minimum absolute atomic E-state index is 0.0111. The molecule has 13 heteroatoms. The molecule has 2 fully saturated rings. The minimum Gasteiger partial charge on any atom is -0.448 e. The molecule has 2 saturated heterocycles. The number of carbonyl (C=O) groups excluding carboxylic acids is 4. The van der Waals surface area contributed by atoms with E-state index in [2.05, 4.69) is 5.32 Å². The Hall–Kier alpha value is -3.21. The van der Waals surface area contributed by atoms with Crippen molar-refractivity contribution in [3.05, 3.63) is 65.7 Å². The minimum atomic E-state index is -1.83. The fourth-order valence-corrected chi connectivity index (χ4v) is 5.30. The largest absolute Gasteiger partial charge is 0.448 e. The predicted molar refractivity (Wildman–Crippen MR) is 137 cm³/mol. The van der Waals surface area contributed by atoms with E-state index in [1.807, 2.05) is 30.3 Å². The van der Waals surface area contributed by atoms with Gasteiger partial charge >= 0.3 is 18.2 Å². The highest BCUT2D eigenvalue weighted by Gasteiger charge is 2.68. The molecule has 3 amide bonds. The van der Waals surface area contributed by atoms with Crippen LogP contribution in [0.1, 0.15) is 24.5 Å². The lowest BCUT2D eigenvalue weighted by Crippen LogP contribution is -2.53. The average Bonchev–Trinajstić information content (AvgIpc) is 3.45. The van der Waals surface area contributed by atoms with Gasteiger partial charge in [-0.2, -0.15) is 0 Å². The van der Waals surface area contributed by atoms with E-state index >= 15 is 0 Å². The van der Waals surface area contributed by atoms with Gasteiger partial charge in [0.15, 0.2) is 11.8 Å². The van der Waals surface area contributed by atoms with Crippen molar-refractivity contribution >= 4 is 64.6 Å². The van der Waals surface area contributed by atoms with Gasteiger partial charge in [0.2, 0.25) is 3.79 Å². The highest BCUT2D eigenvalue weighted by Crippen LogP contribution is 2.55. The number of fused-ring (bicyclic) bond motifs is 5. The number of alkyl carbamates (subject to hydrolysis) is 1. The molecule has 200 valence electrons. The molecule has 0 unspecified atom stereocenters. The third-order valence-electron chi connectivity index (χ3n) is 6.71. The van der Waals surface area contributed by atoms with Crippen LogP contribution < -0.4 is 10.2 Å². The second kappa shape index (κ2) is 9.83. The van der Waals surface area contributed by atoms with Crippen LogP contribution in [0.2, 0.25) is 0 Å². The van der Waals surface area contributed by atoms with Gasteiger partial charge in [0.1, 0.15) is 25.3 Å². The van der Waals surface area contributed by atoms with Gasteiger partial charge < -0.3 is 19.5 Å². The molecule has 0 aromatic heterocycles. The maximum absolute atomic E-state index is 13.4. The van der Waals surface area contributed by atoms with Crippen LogP contribution in [0.25, 0.3) is 0 Å². The fraction of sp³-hybridized carbons (Fsp3) is 0.360. The number of benzene rings is 2. The van der Waals surface area contributed by atoms with E-state index in [1.54, 1.807) is 31.2 Å². The van der Waals surface area contributed by atoms with Crippen LogP contribution in [-0.2, 0) is 36.0 Å². The third kappa shape index (κ3) is 4.61. The zero-order valence-corrected chi connectivity index (χ0v) is 22.2. The Morgan fingerprint density at radius 2 is 1.76 bits per heavy atom. The van der Waals surface area contributed by atoms with Crippen LogP contribution in [0.3, 0.4) is 0 Å². The number of hydrogen-bond acceptors (Lipinski definition) is 7. The van der Waals surface area contributed by atoms with Crippen molar-refractivity contribution in [2.24, 2.45) is 0 Å². The zero-order valence-electron chi connectivity index (χ0n) is 19.9. The molecule has 3 aliphatic heterocycles. The summed E-state index contributed by atoms with van der Waals surface area (Å²) < 4.78 is 14.5. The van der Waals surface area contributed by atoms with Crippen LogP contribution in [0.15, 0.2) is 54.6 Å². The SMILES string of the molecule is C[C@H]1C(=O)N2c3ccccc3[C@@]3(C[C@@H](NC(=O)OCC(Cl)(Cl)Cl)C(=O)O3)[C@H]2N1C(=O)OCc1ccccc1. The second-order valence-electron chi connectivity index (χ2n) is 9.13. The van der Waals surface area contributed by atoms with Gasteiger partial charge in [0.05, 0.1) is 5.69 Å². The van der Waals surface area contributed by atoms with Crippen molar-refractivity contribution < 1.29 is 33.4 Å². The van der Waals surface area contributed by atoms with E-state index in [-0.39, 0.29) is 18.9 Å². The lowest BCUT2D eigenvalue weighted by Gasteiger charge is -2.35. The molecule has 5 rings (SSSR count). The van der Waals surface area contributed by atoms with Crippen molar-refractivity contribution in [2.45, 2.75) is 47.6 Å². The number of esters is 1. The molecule has 2 aromatic carbocycles. The lowest BCUT2D eigenvalue weighted by atomic mass is 9.88. The Morgan fingerprint density at radius 3 is 2.47 bits per heavy atom. The van der Waals surface area contributed by atoms with Crippen LogP contribution in [0, 0.1) is 0 Å². The number of nitrogens with one attached hydrogen (secondary N) is 1. The summed E-state index contributed by atoms with van der Waals surface area (Å²) in [4.78, 5) is 54.8. The van der Waals surface area contributed by atoms with E-state index in [0.717, 1.165) is 5.56 Å². The maximum atomic E-state index is 13.4. The van der Waals surface area contributed by atoms with Crippen LogP contribution in [0.4, 0.5) is 15.3 Å². The van der Waals surface area contributed by atoms with Crippen LogP contribution in [-0.4, -0.2) is 57.6 Å². The number of anilines is 1. The number of hydrogen-bond donors (Lipinski definition) is 1. The number of amides is 3. The lowest BCUT2D eigenvalue weighted by molar-refractivity contribution is -0.154. The van der Waals surface area contributed by atoms with Gasteiger partial charge in [0, 0.05) is 12.0 Å². The summed E-state index contributed by atoms with van der Waals surface area (Å²) in [5, 5.41) is 2.43. The molecule has 1 N–H and O–H groups in total. The first-order valence-corrected chi connectivity index (χ1v) is 12.8. The number of halogens is 3. The van der Waals surface area contributed by atoms with E-state index in [0.29, 0.717) is 11.3 Å². The normalized spacial score (nSPS) is 25.7. The Labute approximate surface area is 232 Å². The molecule has 38 heavy (non-hydrogen) atoms. The number of para-hydroxylation sites is 1. The molecule has 0 bridgehead atoms. The van der Waals surface area contributed by atoms with Gasteiger partial charge in [-0.25, -0.2) is 14.4 Å². The highest BCUT2D eigenvalue weighted by molar-refractivity contribution is 6.67. The Kier molecular flexibility index (Phi) is 6.83. The van der Waals surface area contributed by atoms with Crippen molar-refractivity contribution in [3.63, 3.8) is 0 Å². The van der Waals surface area contributed by atoms with Crippen LogP contribution in [0.5, 0.6) is 0 Å². The van der Waals surface area contributed by atoms with Gasteiger partial charge in [-0.3, -0.25) is 14.6 Å². The van der Waals surface area contributed by atoms with Gasteiger partial charge in [-0.1, -0.05) is 83.3 Å². The van der Waals surface area contributed by atoms with Crippen molar-refractivity contribution in [1.82, 2.24) is 10.2 Å². The van der Waals surface area contributed by atoms with Crippen molar-refractivity contribution in [1.29, 1.82) is 0 Å². The standard InChI is InChI=1S/C25H22Cl3N3O7/c1-14-19(32)31-18-10-6-5-9-16(18)24(11-17(20(33)38-24)29-22(34)37-13-25(26,27)28)21(31)30(14)23(35)36-12-15-7-3-2-4-8-15/h2-10,14,17,21H,11-13H2,1H3,(H,29,34)/t14-,17+,21-,24-/m0/s1. The number of rotatable bonds is 4. The van der Waals surface area contributed by atoms with Gasteiger partial charge in [-0.15, -0.1) is 0 Å². The van der Waals surface area contributed by atoms with E-state index in [9.17, 15) is 19.2 Å². The zero-order chi connectivity index (χ0) is 27.2. The molecule has 0 radical (unpaired) electrons.